The molecular formula is C18H23ClN2O5. The van der Waals surface area contributed by atoms with Crippen molar-refractivity contribution in [1.29, 1.82) is 0 Å². The zero-order valence-electron chi connectivity index (χ0n) is 14.8. The minimum Gasteiger partial charge on any atom is -0.482 e. The molecule has 2 atom stereocenters. The Kier molecular flexibility index (Phi) is 6.85. The van der Waals surface area contributed by atoms with Gasteiger partial charge in [0.05, 0.1) is 16.9 Å². The number of benzene rings is 1. The molecule has 142 valence electrons. The van der Waals surface area contributed by atoms with Crippen molar-refractivity contribution in [3.05, 3.63) is 23.2 Å². The number of hydrogen-bond acceptors (Lipinski definition) is 4. The van der Waals surface area contributed by atoms with Crippen molar-refractivity contribution in [3.8, 4) is 5.75 Å². The molecule has 2 amide bonds. The molecule has 8 heteroatoms. The van der Waals surface area contributed by atoms with E-state index in [4.69, 9.17) is 21.4 Å². The monoisotopic (exact) mass is 382 g/mol. The van der Waals surface area contributed by atoms with Gasteiger partial charge in [-0.1, -0.05) is 11.6 Å². The van der Waals surface area contributed by atoms with Gasteiger partial charge in [0.1, 0.15) is 5.75 Å². The zero-order valence-corrected chi connectivity index (χ0v) is 15.6. The maximum atomic E-state index is 12.2. The molecule has 26 heavy (non-hydrogen) atoms. The van der Waals surface area contributed by atoms with Gasteiger partial charge in [0.15, 0.2) is 6.61 Å². The fourth-order valence-electron chi connectivity index (χ4n) is 2.85. The molecule has 1 aliphatic carbocycles. The number of rotatable bonds is 8. The van der Waals surface area contributed by atoms with E-state index in [1.165, 1.54) is 6.07 Å². The van der Waals surface area contributed by atoms with Crippen LogP contribution in [0.2, 0.25) is 5.02 Å². The Morgan fingerprint density at radius 2 is 1.88 bits per heavy atom. The van der Waals surface area contributed by atoms with Gasteiger partial charge in [0, 0.05) is 18.8 Å². The number of nitrogens with zero attached hydrogens (tertiary/aromatic N) is 1. The summed E-state index contributed by atoms with van der Waals surface area (Å²) in [5, 5.41) is 12.0. The summed E-state index contributed by atoms with van der Waals surface area (Å²) >= 11 is 6.15. The summed E-state index contributed by atoms with van der Waals surface area (Å²) in [5.41, 5.74) is 0.457. The normalized spacial score (nSPS) is 18.6. The largest absolute Gasteiger partial charge is 0.482 e. The summed E-state index contributed by atoms with van der Waals surface area (Å²) in [5.74, 6) is -2.21. The highest BCUT2D eigenvalue weighted by Crippen LogP contribution is 2.36. The van der Waals surface area contributed by atoms with Crippen LogP contribution in [0.3, 0.4) is 0 Å². The molecule has 0 aromatic heterocycles. The summed E-state index contributed by atoms with van der Waals surface area (Å²) in [4.78, 5) is 36.8. The van der Waals surface area contributed by atoms with Gasteiger partial charge < -0.3 is 20.1 Å². The number of aliphatic carboxylic acids is 1. The Morgan fingerprint density at radius 3 is 2.38 bits per heavy atom. The average Bonchev–Trinajstić information content (AvgIpc) is 2.53. The number of anilines is 1. The van der Waals surface area contributed by atoms with Gasteiger partial charge in [-0.3, -0.25) is 14.4 Å². The highest BCUT2D eigenvalue weighted by molar-refractivity contribution is 6.32. The number of carbonyl (C=O) groups excluding carboxylic acids is 2. The number of ether oxygens (including phenoxy) is 1. The van der Waals surface area contributed by atoms with E-state index in [-0.39, 0.29) is 23.4 Å². The van der Waals surface area contributed by atoms with Crippen LogP contribution in [0.25, 0.3) is 0 Å². The molecule has 0 radical (unpaired) electrons. The Morgan fingerprint density at radius 1 is 1.23 bits per heavy atom. The molecular weight excluding hydrogens is 360 g/mol. The third kappa shape index (κ3) is 4.66. The van der Waals surface area contributed by atoms with E-state index in [0.29, 0.717) is 37.4 Å². The summed E-state index contributed by atoms with van der Waals surface area (Å²) in [6.45, 7) is 4.88. The van der Waals surface area contributed by atoms with E-state index in [9.17, 15) is 14.4 Å². The van der Waals surface area contributed by atoms with Crippen LogP contribution in [0.5, 0.6) is 5.75 Å². The van der Waals surface area contributed by atoms with Crippen molar-refractivity contribution >= 4 is 35.1 Å². The van der Waals surface area contributed by atoms with Crippen LogP contribution in [0.4, 0.5) is 5.69 Å². The smallest absolute Gasteiger partial charge is 0.307 e. The van der Waals surface area contributed by atoms with E-state index >= 15 is 0 Å². The van der Waals surface area contributed by atoms with E-state index in [1.54, 1.807) is 17.0 Å². The SMILES string of the molecule is CCN(CC)C(=O)COc1ccc(NC(=O)C2CCC2C(=O)O)cc1Cl. The van der Waals surface area contributed by atoms with E-state index < -0.39 is 17.8 Å². The molecule has 1 aromatic rings. The van der Waals surface area contributed by atoms with E-state index in [1.807, 2.05) is 13.8 Å². The predicted molar refractivity (Wildman–Crippen MR) is 97.4 cm³/mol. The van der Waals surface area contributed by atoms with Crippen LogP contribution in [-0.2, 0) is 14.4 Å². The van der Waals surface area contributed by atoms with Gasteiger partial charge >= 0.3 is 5.97 Å². The first-order valence-corrected chi connectivity index (χ1v) is 8.98. The fourth-order valence-corrected chi connectivity index (χ4v) is 3.08. The molecule has 7 nitrogen and oxygen atoms in total. The second-order valence-corrected chi connectivity index (χ2v) is 6.52. The standard InChI is InChI=1S/C18H23ClN2O5/c1-3-21(4-2)16(22)10-26-15-8-5-11(9-14(15)19)20-17(23)12-6-7-13(12)18(24)25/h5,8-9,12-13H,3-4,6-7,10H2,1-2H3,(H,20,23)(H,24,25). The highest BCUT2D eigenvalue weighted by atomic mass is 35.5. The van der Waals surface area contributed by atoms with Crippen molar-refractivity contribution in [2.45, 2.75) is 26.7 Å². The summed E-state index contributed by atoms with van der Waals surface area (Å²) in [6.07, 6.45) is 1.08. The first kappa shape index (κ1) is 20.0. The van der Waals surface area contributed by atoms with Gasteiger partial charge in [-0.2, -0.15) is 0 Å². The van der Waals surface area contributed by atoms with Gasteiger partial charge in [0.2, 0.25) is 5.91 Å². The summed E-state index contributed by atoms with van der Waals surface area (Å²) in [6, 6.07) is 4.70. The second kappa shape index (κ2) is 8.89. The lowest BCUT2D eigenvalue weighted by atomic mass is 9.73. The Hall–Kier alpha value is -2.28. The average molecular weight is 383 g/mol. The lowest BCUT2D eigenvalue weighted by Gasteiger charge is -2.31. The minimum absolute atomic E-state index is 0.116. The maximum absolute atomic E-state index is 12.2. The van der Waals surface area contributed by atoms with Crippen molar-refractivity contribution in [2.75, 3.05) is 25.0 Å². The molecule has 2 rings (SSSR count). The van der Waals surface area contributed by atoms with Crippen LogP contribution in [-0.4, -0.2) is 47.5 Å². The van der Waals surface area contributed by atoms with Gasteiger partial charge in [-0.15, -0.1) is 0 Å². The molecule has 1 saturated carbocycles. The molecule has 2 N–H and O–H groups in total. The number of hydrogen-bond donors (Lipinski definition) is 2. The molecule has 1 aromatic carbocycles. The number of nitrogens with one attached hydrogen (secondary N) is 1. The number of carboxylic acids is 1. The summed E-state index contributed by atoms with van der Waals surface area (Å²) in [7, 11) is 0. The third-order valence-electron chi connectivity index (χ3n) is 4.60. The predicted octanol–water partition coefficient (Wildman–Crippen LogP) is 2.64. The first-order chi connectivity index (χ1) is 12.4. The molecule has 0 heterocycles. The van der Waals surface area contributed by atoms with Crippen LogP contribution >= 0.6 is 11.6 Å². The lowest BCUT2D eigenvalue weighted by Crippen LogP contribution is -2.41. The first-order valence-electron chi connectivity index (χ1n) is 8.61. The number of amides is 2. The molecule has 0 spiro atoms. The Bertz CT molecular complexity index is 690. The highest BCUT2D eigenvalue weighted by Gasteiger charge is 2.41. The number of likely N-dealkylation sites (N-methyl/N-ethyl adjacent to an activating group) is 1. The topological polar surface area (TPSA) is 95.9 Å². The molecule has 0 bridgehead atoms. The minimum atomic E-state index is -0.948. The molecule has 0 saturated heterocycles. The van der Waals surface area contributed by atoms with Crippen molar-refractivity contribution in [3.63, 3.8) is 0 Å². The lowest BCUT2D eigenvalue weighted by molar-refractivity contribution is -0.151. The Labute approximate surface area is 157 Å². The van der Waals surface area contributed by atoms with Gasteiger partial charge in [-0.05, 0) is 44.9 Å². The third-order valence-corrected chi connectivity index (χ3v) is 4.89. The zero-order chi connectivity index (χ0) is 19.3. The van der Waals surface area contributed by atoms with Crippen LogP contribution in [0.1, 0.15) is 26.7 Å². The van der Waals surface area contributed by atoms with Crippen molar-refractivity contribution in [2.24, 2.45) is 11.8 Å². The number of halogens is 1. The number of carbonyl (C=O) groups is 3. The quantitative estimate of drug-likeness (QED) is 0.720. The summed E-state index contributed by atoms with van der Waals surface area (Å²) < 4.78 is 5.46. The van der Waals surface area contributed by atoms with Crippen LogP contribution < -0.4 is 10.1 Å². The van der Waals surface area contributed by atoms with E-state index in [0.717, 1.165) is 0 Å². The van der Waals surface area contributed by atoms with Crippen molar-refractivity contribution in [1.82, 2.24) is 4.90 Å². The Balaban J connectivity index is 1.93. The van der Waals surface area contributed by atoms with Gasteiger partial charge in [0.25, 0.3) is 5.91 Å². The van der Waals surface area contributed by atoms with Crippen LogP contribution in [0, 0.1) is 11.8 Å². The second-order valence-electron chi connectivity index (χ2n) is 6.12. The van der Waals surface area contributed by atoms with Crippen molar-refractivity contribution < 1.29 is 24.2 Å². The fraction of sp³-hybridized carbons (Fsp3) is 0.500. The molecule has 0 aliphatic heterocycles. The van der Waals surface area contributed by atoms with E-state index in [2.05, 4.69) is 5.32 Å². The van der Waals surface area contributed by atoms with Crippen LogP contribution in [0.15, 0.2) is 18.2 Å². The maximum Gasteiger partial charge on any atom is 0.307 e. The number of carboxylic acid groups (broad SMARTS) is 1. The molecule has 1 fully saturated rings. The van der Waals surface area contributed by atoms with Gasteiger partial charge in [-0.25, -0.2) is 0 Å². The molecule has 1 aliphatic rings. The molecule has 2 unspecified atom stereocenters.